The lowest BCUT2D eigenvalue weighted by Gasteiger charge is -2.38. The summed E-state index contributed by atoms with van der Waals surface area (Å²) in [5.41, 5.74) is -0.344. The number of aliphatic carboxylic acids is 1. The first-order valence-corrected chi connectivity index (χ1v) is 4.61. The van der Waals surface area contributed by atoms with Crippen LogP contribution >= 0.6 is 0 Å². The van der Waals surface area contributed by atoms with Crippen LogP contribution in [0, 0.1) is 5.41 Å². The Bertz CT molecular complexity index is 253. The highest BCUT2D eigenvalue weighted by Crippen LogP contribution is 2.28. The van der Waals surface area contributed by atoms with Crippen molar-refractivity contribution < 1.29 is 19.8 Å². The molecule has 1 amide bonds. The van der Waals surface area contributed by atoms with Crippen molar-refractivity contribution in [3.63, 3.8) is 0 Å². The van der Waals surface area contributed by atoms with Crippen LogP contribution in [0.5, 0.6) is 0 Å². The molecule has 0 aliphatic carbocycles. The molecule has 1 saturated heterocycles. The lowest BCUT2D eigenvalue weighted by Crippen LogP contribution is -2.48. The molecular weight excluding hydrogens is 186 g/mol. The van der Waals surface area contributed by atoms with Gasteiger partial charge in [-0.2, -0.15) is 0 Å². The summed E-state index contributed by atoms with van der Waals surface area (Å²) < 4.78 is 0. The van der Waals surface area contributed by atoms with Gasteiger partial charge in [-0.3, -0.25) is 4.79 Å². The molecule has 1 atom stereocenters. The highest BCUT2D eigenvalue weighted by Gasteiger charge is 2.34. The minimum atomic E-state index is -1.42. The number of amides is 1. The van der Waals surface area contributed by atoms with Gasteiger partial charge in [0.2, 0.25) is 0 Å². The highest BCUT2D eigenvalue weighted by molar-refractivity contribution is 6.31. The summed E-state index contributed by atoms with van der Waals surface area (Å²) in [6, 6.07) is 0. The van der Waals surface area contributed by atoms with Gasteiger partial charge in [-0.25, -0.2) is 4.79 Å². The van der Waals surface area contributed by atoms with Crippen LogP contribution in [0.2, 0.25) is 0 Å². The minimum Gasteiger partial charge on any atom is -0.474 e. The molecule has 1 aliphatic rings. The third-order valence-electron chi connectivity index (χ3n) is 2.63. The largest absolute Gasteiger partial charge is 0.474 e. The predicted molar refractivity (Wildman–Crippen MR) is 48.6 cm³/mol. The standard InChI is InChI=1S/C9H15NO4/c1-9(6-11)3-2-4-10(5-9)7(12)8(13)14/h11H,2-6H2,1H3,(H,13,14). The number of aliphatic hydroxyl groups excluding tert-OH is 1. The van der Waals surface area contributed by atoms with Gasteiger partial charge in [0.25, 0.3) is 0 Å². The molecule has 1 rings (SSSR count). The summed E-state index contributed by atoms with van der Waals surface area (Å²) in [7, 11) is 0. The summed E-state index contributed by atoms with van der Waals surface area (Å²) >= 11 is 0. The molecule has 80 valence electrons. The van der Waals surface area contributed by atoms with E-state index in [1.54, 1.807) is 0 Å². The van der Waals surface area contributed by atoms with Gasteiger partial charge in [-0.1, -0.05) is 6.92 Å². The molecule has 14 heavy (non-hydrogen) atoms. The van der Waals surface area contributed by atoms with E-state index in [-0.39, 0.29) is 12.0 Å². The van der Waals surface area contributed by atoms with Crippen molar-refractivity contribution in [1.29, 1.82) is 0 Å². The first kappa shape index (κ1) is 11.0. The maximum Gasteiger partial charge on any atom is 0.394 e. The molecule has 5 nitrogen and oxygen atoms in total. The Labute approximate surface area is 82.3 Å². The van der Waals surface area contributed by atoms with Crippen molar-refractivity contribution in [3.05, 3.63) is 0 Å². The zero-order valence-electron chi connectivity index (χ0n) is 8.19. The number of hydrogen-bond acceptors (Lipinski definition) is 3. The summed E-state index contributed by atoms with van der Waals surface area (Å²) in [4.78, 5) is 22.9. The van der Waals surface area contributed by atoms with Gasteiger partial charge in [0.15, 0.2) is 0 Å². The highest BCUT2D eigenvalue weighted by atomic mass is 16.4. The smallest absolute Gasteiger partial charge is 0.394 e. The summed E-state index contributed by atoms with van der Waals surface area (Å²) in [6.07, 6.45) is 1.57. The van der Waals surface area contributed by atoms with Crippen LogP contribution in [0.25, 0.3) is 0 Å². The molecule has 1 aliphatic heterocycles. The SMILES string of the molecule is CC1(CO)CCCN(C(=O)C(=O)O)C1. The molecule has 0 aromatic carbocycles. The van der Waals surface area contributed by atoms with Crippen molar-refractivity contribution in [3.8, 4) is 0 Å². The fraction of sp³-hybridized carbons (Fsp3) is 0.778. The molecule has 1 heterocycles. The van der Waals surface area contributed by atoms with Gasteiger partial charge in [0.05, 0.1) is 6.61 Å². The number of hydrogen-bond donors (Lipinski definition) is 2. The quantitative estimate of drug-likeness (QED) is 0.570. The van der Waals surface area contributed by atoms with Crippen LogP contribution in [-0.2, 0) is 9.59 Å². The number of carboxylic acids is 1. The van der Waals surface area contributed by atoms with E-state index in [1.807, 2.05) is 6.92 Å². The van der Waals surface area contributed by atoms with Crippen LogP contribution in [0.1, 0.15) is 19.8 Å². The Balaban J connectivity index is 2.65. The van der Waals surface area contributed by atoms with Crippen molar-refractivity contribution in [2.24, 2.45) is 5.41 Å². The molecule has 5 heteroatoms. The molecule has 1 unspecified atom stereocenters. The third-order valence-corrected chi connectivity index (χ3v) is 2.63. The molecule has 0 bridgehead atoms. The second kappa shape index (κ2) is 3.96. The van der Waals surface area contributed by atoms with Gasteiger partial charge >= 0.3 is 11.9 Å². The Morgan fingerprint density at radius 3 is 2.64 bits per heavy atom. The maximum absolute atomic E-state index is 11.1. The van der Waals surface area contributed by atoms with Crippen molar-refractivity contribution in [2.45, 2.75) is 19.8 Å². The Morgan fingerprint density at radius 2 is 2.14 bits per heavy atom. The zero-order chi connectivity index (χ0) is 10.8. The van der Waals surface area contributed by atoms with Gasteiger partial charge in [-0.15, -0.1) is 0 Å². The third kappa shape index (κ3) is 2.23. The molecule has 0 radical (unpaired) electrons. The first-order chi connectivity index (χ1) is 6.48. The monoisotopic (exact) mass is 201 g/mol. The van der Waals surface area contributed by atoms with Gasteiger partial charge in [0, 0.05) is 18.5 Å². The number of carbonyl (C=O) groups is 2. The van der Waals surface area contributed by atoms with E-state index in [4.69, 9.17) is 10.2 Å². The fourth-order valence-corrected chi connectivity index (χ4v) is 1.75. The summed E-state index contributed by atoms with van der Waals surface area (Å²) in [5, 5.41) is 17.6. The van der Waals surface area contributed by atoms with Crippen LogP contribution in [0.15, 0.2) is 0 Å². The van der Waals surface area contributed by atoms with Crippen molar-refractivity contribution >= 4 is 11.9 Å². The van der Waals surface area contributed by atoms with E-state index in [1.165, 1.54) is 4.90 Å². The Morgan fingerprint density at radius 1 is 1.50 bits per heavy atom. The molecule has 0 saturated carbocycles. The number of rotatable bonds is 1. The van der Waals surface area contributed by atoms with Crippen molar-refractivity contribution in [1.82, 2.24) is 4.90 Å². The van der Waals surface area contributed by atoms with E-state index in [9.17, 15) is 9.59 Å². The molecule has 2 N–H and O–H groups in total. The van der Waals surface area contributed by atoms with Crippen LogP contribution < -0.4 is 0 Å². The molecule has 0 spiro atoms. The first-order valence-electron chi connectivity index (χ1n) is 4.61. The second-order valence-electron chi connectivity index (χ2n) is 4.10. The van der Waals surface area contributed by atoms with E-state index >= 15 is 0 Å². The van der Waals surface area contributed by atoms with E-state index in [0.29, 0.717) is 13.1 Å². The molecule has 0 aromatic rings. The number of likely N-dealkylation sites (tertiary alicyclic amines) is 1. The lowest BCUT2D eigenvalue weighted by atomic mass is 9.83. The Hall–Kier alpha value is -1.10. The number of carboxylic acid groups (broad SMARTS) is 1. The number of piperidine rings is 1. The normalized spacial score (nSPS) is 27.4. The molecular formula is C9H15NO4. The van der Waals surface area contributed by atoms with Crippen LogP contribution in [0.3, 0.4) is 0 Å². The van der Waals surface area contributed by atoms with E-state index < -0.39 is 11.9 Å². The molecule has 1 fully saturated rings. The van der Waals surface area contributed by atoms with Gasteiger partial charge in [-0.05, 0) is 12.8 Å². The molecule has 0 aromatic heterocycles. The predicted octanol–water partition coefficient (Wildman–Crippen LogP) is -0.308. The lowest BCUT2D eigenvalue weighted by molar-refractivity contribution is -0.158. The average Bonchev–Trinajstić information content (AvgIpc) is 2.16. The van der Waals surface area contributed by atoms with Crippen LogP contribution in [0.4, 0.5) is 0 Å². The van der Waals surface area contributed by atoms with Gasteiger partial charge < -0.3 is 15.1 Å². The van der Waals surface area contributed by atoms with Gasteiger partial charge in [0.1, 0.15) is 0 Å². The topological polar surface area (TPSA) is 77.8 Å². The number of aliphatic hydroxyl groups is 1. The maximum atomic E-state index is 11.1. The number of carbonyl (C=O) groups excluding carboxylic acids is 1. The van der Waals surface area contributed by atoms with Crippen molar-refractivity contribution in [2.75, 3.05) is 19.7 Å². The fourth-order valence-electron chi connectivity index (χ4n) is 1.75. The summed E-state index contributed by atoms with van der Waals surface area (Å²) in [5.74, 6) is -2.29. The summed E-state index contributed by atoms with van der Waals surface area (Å²) in [6.45, 7) is 2.64. The van der Waals surface area contributed by atoms with Crippen LogP contribution in [-0.4, -0.2) is 46.7 Å². The zero-order valence-corrected chi connectivity index (χ0v) is 8.19. The number of nitrogens with zero attached hydrogens (tertiary/aromatic N) is 1. The average molecular weight is 201 g/mol. The Kier molecular flexibility index (Phi) is 3.10. The minimum absolute atomic E-state index is 0.0175. The van der Waals surface area contributed by atoms with E-state index in [2.05, 4.69) is 0 Å². The van der Waals surface area contributed by atoms with E-state index in [0.717, 1.165) is 12.8 Å². The second-order valence-corrected chi connectivity index (χ2v) is 4.10.